The van der Waals surface area contributed by atoms with Crippen molar-refractivity contribution in [2.45, 2.75) is 32.4 Å². The predicted molar refractivity (Wildman–Crippen MR) is 66.3 cm³/mol. The number of hydrogen-bond donors (Lipinski definition) is 2. The van der Waals surface area contributed by atoms with Crippen molar-refractivity contribution in [2.75, 3.05) is 13.1 Å². The first-order valence-corrected chi connectivity index (χ1v) is 7.46. The molecule has 2 N–H and O–H groups in total. The Kier molecular flexibility index (Phi) is 3.48. The second kappa shape index (κ2) is 4.64. The third-order valence-corrected chi connectivity index (χ3v) is 5.54. The van der Waals surface area contributed by atoms with Crippen molar-refractivity contribution in [3.63, 3.8) is 0 Å². The van der Waals surface area contributed by atoms with E-state index in [2.05, 4.69) is 10.2 Å². The molecule has 1 aliphatic rings. The van der Waals surface area contributed by atoms with E-state index in [0.717, 1.165) is 0 Å². The van der Waals surface area contributed by atoms with Gasteiger partial charge in [-0.25, -0.2) is 8.42 Å². The topological polar surface area (TPSA) is 86.3 Å². The lowest BCUT2D eigenvalue weighted by Crippen LogP contribution is -2.30. The molecule has 0 aliphatic carbocycles. The zero-order valence-electron chi connectivity index (χ0n) is 10.8. The Balaban J connectivity index is 2.37. The average Bonchev–Trinajstić information content (AvgIpc) is 2.84. The van der Waals surface area contributed by atoms with Gasteiger partial charge in [0.05, 0.1) is 6.61 Å². The van der Waals surface area contributed by atoms with Gasteiger partial charge in [0.1, 0.15) is 0 Å². The van der Waals surface area contributed by atoms with Crippen molar-refractivity contribution < 1.29 is 13.5 Å². The van der Waals surface area contributed by atoms with Crippen molar-refractivity contribution in [2.24, 2.45) is 11.8 Å². The van der Waals surface area contributed by atoms with Crippen LogP contribution in [-0.2, 0) is 16.6 Å². The van der Waals surface area contributed by atoms with Crippen LogP contribution in [0, 0.1) is 18.8 Å². The second-order valence-electron chi connectivity index (χ2n) is 5.07. The van der Waals surface area contributed by atoms with Crippen LogP contribution < -0.4 is 0 Å². The first kappa shape index (κ1) is 13.5. The van der Waals surface area contributed by atoms with E-state index in [1.807, 2.05) is 13.8 Å². The molecule has 2 heterocycles. The van der Waals surface area contributed by atoms with Crippen LogP contribution in [0.4, 0.5) is 0 Å². The number of aromatic nitrogens is 2. The van der Waals surface area contributed by atoms with Crippen LogP contribution in [-0.4, -0.2) is 41.1 Å². The number of rotatable bonds is 3. The van der Waals surface area contributed by atoms with E-state index in [0.29, 0.717) is 36.2 Å². The van der Waals surface area contributed by atoms with Crippen LogP contribution in [0.2, 0.25) is 0 Å². The van der Waals surface area contributed by atoms with Crippen molar-refractivity contribution in [1.29, 1.82) is 0 Å². The minimum absolute atomic E-state index is 0.0381. The number of H-pyrrole nitrogens is 1. The summed E-state index contributed by atoms with van der Waals surface area (Å²) < 4.78 is 26.4. The Labute approximate surface area is 107 Å². The van der Waals surface area contributed by atoms with Crippen molar-refractivity contribution in [1.82, 2.24) is 14.5 Å². The molecule has 102 valence electrons. The van der Waals surface area contributed by atoms with Crippen molar-refractivity contribution in [3.05, 3.63) is 11.3 Å². The van der Waals surface area contributed by atoms with E-state index in [-0.39, 0.29) is 11.6 Å². The lowest BCUT2D eigenvalue weighted by Gasteiger charge is -2.15. The normalized spacial score (nSPS) is 25.8. The molecule has 0 radical (unpaired) electrons. The largest absolute Gasteiger partial charge is 0.392 e. The van der Waals surface area contributed by atoms with Crippen LogP contribution in [0.3, 0.4) is 0 Å². The van der Waals surface area contributed by atoms with Gasteiger partial charge in [0.25, 0.3) is 10.0 Å². The molecule has 0 spiro atoms. The minimum atomic E-state index is -3.60. The molecule has 1 aliphatic heterocycles. The maximum Gasteiger partial charge on any atom is 0.262 e. The van der Waals surface area contributed by atoms with E-state index < -0.39 is 10.0 Å². The first-order chi connectivity index (χ1) is 8.37. The molecule has 0 bridgehead atoms. The van der Waals surface area contributed by atoms with Crippen LogP contribution >= 0.6 is 0 Å². The quantitative estimate of drug-likeness (QED) is 0.839. The monoisotopic (exact) mass is 273 g/mol. The van der Waals surface area contributed by atoms with Crippen LogP contribution in [0.5, 0.6) is 0 Å². The fourth-order valence-corrected chi connectivity index (χ4v) is 4.02. The van der Waals surface area contributed by atoms with Gasteiger partial charge in [0.2, 0.25) is 0 Å². The summed E-state index contributed by atoms with van der Waals surface area (Å²) in [4.78, 5) is 0. The molecular formula is C11H19N3O3S. The van der Waals surface area contributed by atoms with Gasteiger partial charge >= 0.3 is 0 Å². The van der Waals surface area contributed by atoms with E-state index in [9.17, 15) is 13.5 Å². The first-order valence-electron chi connectivity index (χ1n) is 6.02. The highest BCUT2D eigenvalue weighted by Crippen LogP contribution is 2.29. The van der Waals surface area contributed by atoms with Crippen LogP contribution in [0.1, 0.15) is 25.1 Å². The van der Waals surface area contributed by atoms with Gasteiger partial charge in [-0.05, 0) is 18.8 Å². The lowest BCUT2D eigenvalue weighted by molar-refractivity contribution is 0.277. The van der Waals surface area contributed by atoms with Gasteiger partial charge < -0.3 is 5.11 Å². The molecule has 0 amide bonds. The summed E-state index contributed by atoms with van der Waals surface area (Å²) in [5, 5.41) is 15.7. The Morgan fingerprint density at radius 3 is 2.44 bits per heavy atom. The number of aliphatic hydroxyl groups excluding tert-OH is 1. The Hall–Kier alpha value is -0.920. The van der Waals surface area contributed by atoms with E-state index in [4.69, 9.17) is 0 Å². The molecule has 0 saturated carbocycles. The van der Waals surface area contributed by atoms with Gasteiger partial charge in [-0.2, -0.15) is 9.40 Å². The molecule has 6 nitrogen and oxygen atoms in total. The number of nitrogens with zero attached hydrogens (tertiary/aromatic N) is 2. The van der Waals surface area contributed by atoms with Gasteiger partial charge in [-0.1, -0.05) is 13.8 Å². The summed E-state index contributed by atoms with van der Waals surface area (Å²) in [6.45, 7) is 6.50. The predicted octanol–water partition coefficient (Wildman–Crippen LogP) is 0.487. The molecule has 2 unspecified atom stereocenters. The maximum atomic E-state index is 12.5. The summed E-state index contributed by atoms with van der Waals surface area (Å²) in [7, 11) is -3.60. The van der Waals surface area contributed by atoms with E-state index in [1.54, 1.807) is 6.92 Å². The van der Waals surface area contributed by atoms with Gasteiger partial charge in [-0.15, -0.1) is 0 Å². The molecular weight excluding hydrogens is 254 g/mol. The maximum absolute atomic E-state index is 12.5. The van der Waals surface area contributed by atoms with Gasteiger partial charge in [0, 0.05) is 24.3 Å². The smallest absolute Gasteiger partial charge is 0.262 e. The second-order valence-corrected chi connectivity index (χ2v) is 6.92. The van der Waals surface area contributed by atoms with Crippen LogP contribution in [0.15, 0.2) is 5.03 Å². The molecule has 1 fully saturated rings. The van der Waals surface area contributed by atoms with Crippen molar-refractivity contribution in [3.8, 4) is 0 Å². The van der Waals surface area contributed by atoms with Gasteiger partial charge in [-0.3, -0.25) is 5.10 Å². The molecule has 7 heteroatoms. The zero-order valence-corrected chi connectivity index (χ0v) is 11.7. The highest BCUT2D eigenvalue weighted by Gasteiger charge is 2.37. The fraction of sp³-hybridized carbons (Fsp3) is 0.727. The summed E-state index contributed by atoms with van der Waals surface area (Å²) >= 11 is 0. The molecule has 1 saturated heterocycles. The number of sulfonamides is 1. The van der Waals surface area contributed by atoms with Crippen LogP contribution in [0.25, 0.3) is 0 Å². The lowest BCUT2D eigenvalue weighted by atomic mass is 10.0. The molecule has 0 aromatic carbocycles. The summed E-state index contributed by atoms with van der Waals surface area (Å²) in [6.07, 6.45) is 0. The number of aromatic amines is 1. The third kappa shape index (κ3) is 2.06. The van der Waals surface area contributed by atoms with E-state index in [1.165, 1.54) is 4.31 Å². The minimum Gasteiger partial charge on any atom is -0.392 e. The summed E-state index contributed by atoms with van der Waals surface area (Å²) in [5.41, 5.74) is 0.957. The summed E-state index contributed by atoms with van der Waals surface area (Å²) in [6, 6.07) is 0. The molecule has 2 atom stereocenters. The Bertz CT molecular complexity index is 528. The molecule has 2 rings (SSSR count). The van der Waals surface area contributed by atoms with E-state index >= 15 is 0 Å². The SMILES string of the molecule is Cc1[nH]nc(S(=O)(=O)N2CC(C)C(C)C2)c1CO. The molecule has 18 heavy (non-hydrogen) atoms. The number of nitrogens with one attached hydrogen (secondary N) is 1. The zero-order chi connectivity index (χ0) is 13.5. The average molecular weight is 273 g/mol. The fourth-order valence-electron chi connectivity index (χ4n) is 2.22. The number of hydrogen-bond acceptors (Lipinski definition) is 4. The standard InChI is InChI=1S/C11H19N3O3S/c1-7-4-14(5-8(7)2)18(16,17)11-10(6-15)9(3)12-13-11/h7-8,15H,4-6H2,1-3H3,(H,12,13). The highest BCUT2D eigenvalue weighted by molar-refractivity contribution is 7.89. The third-order valence-electron chi connectivity index (χ3n) is 3.73. The number of aryl methyl sites for hydroxylation is 1. The Morgan fingerprint density at radius 2 is 1.94 bits per heavy atom. The summed E-state index contributed by atoms with van der Waals surface area (Å²) in [5.74, 6) is 0.690. The van der Waals surface area contributed by atoms with Crippen molar-refractivity contribution >= 4 is 10.0 Å². The molecule has 1 aromatic heterocycles. The Morgan fingerprint density at radius 1 is 1.39 bits per heavy atom. The number of aliphatic hydroxyl groups is 1. The molecule has 1 aromatic rings. The highest BCUT2D eigenvalue weighted by atomic mass is 32.2. The van der Waals surface area contributed by atoms with Gasteiger partial charge in [0.15, 0.2) is 5.03 Å².